The summed E-state index contributed by atoms with van der Waals surface area (Å²) >= 11 is 6.22. The Morgan fingerprint density at radius 3 is 2.95 bits per heavy atom. The maximum Gasteiger partial charge on any atom is 0.160 e. The summed E-state index contributed by atoms with van der Waals surface area (Å²) in [6.45, 7) is 2.59. The molecule has 0 aliphatic carbocycles. The highest BCUT2D eigenvalue weighted by Crippen LogP contribution is 2.24. The predicted molar refractivity (Wildman–Crippen MR) is 74.1 cm³/mol. The molecule has 0 saturated heterocycles. The fourth-order valence-electron chi connectivity index (χ4n) is 2.17. The quantitative estimate of drug-likeness (QED) is 0.690. The molecular weight excluding hydrogens is 262 g/mol. The number of alkyl halides is 1. The summed E-state index contributed by atoms with van der Waals surface area (Å²) in [6, 6.07) is 3.83. The molecule has 3 rings (SSSR count). The van der Waals surface area contributed by atoms with Gasteiger partial charge >= 0.3 is 0 Å². The molecule has 3 aromatic rings. The zero-order chi connectivity index (χ0) is 13.4. The molecule has 98 valence electrons. The van der Waals surface area contributed by atoms with Crippen LogP contribution in [0.3, 0.4) is 0 Å². The van der Waals surface area contributed by atoms with Crippen LogP contribution in [0, 0.1) is 0 Å². The Hall–Kier alpha value is -1.88. The number of aromatic nitrogens is 5. The molecular formula is C13H14ClN5. The van der Waals surface area contributed by atoms with Crippen LogP contribution in [0.25, 0.3) is 11.2 Å². The predicted octanol–water partition coefficient (Wildman–Crippen LogP) is 2.51. The maximum atomic E-state index is 6.22. The lowest BCUT2D eigenvalue weighted by molar-refractivity contribution is 0.732. The van der Waals surface area contributed by atoms with Gasteiger partial charge in [0.1, 0.15) is 11.3 Å². The van der Waals surface area contributed by atoms with Gasteiger partial charge in [-0.25, -0.2) is 9.97 Å². The molecule has 5 nitrogen and oxygen atoms in total. The molecule has 0 aliphatic heterocycles. The van der Waals surface area contributed by atoms with Gasteiger partial charge in [-0.15, -0.1) is 11.6 Å². The van der Waals surface area contributed by atoms with Crippen LogP contribution in [0.15, 0.2) is 30.7 Å². The minimum absolute atomic E-state index is 0.161. The van der Waals surface area contributed by atoms with Crippen LogP contribution in [-0.4, -0.2) is 24.3 Å². The van der Waals surface area contributed by atoms with Crippen LogP contribution in [-0.2, 0) is 13.6 Å². The average molecular weight is 276 g/mol. The van der Waals surface area contributed by atoms with E-state index in [0.29, 0.717) is 6.54 Å². The Morgan fingerprint density at radius 1 is 1.42 bits per heavy atom. The van der Waals surface area contributed by atoms with Crippen molar-refractivity contribution < 1.29 is 0 Å². The first kappa shape index (κ1) is 12.2. The Labute approximate surface area is 115 Å². The molecule has 1 atom stereocenters. The smallest absolute Gasteiger partial charge is 0.160 e. The molecule has 1 unspecified atom stereocenters. The van der Waals surface area contributed by atoms with Gasteiger partial charge in [0.2, 0.25) is 0 Å². The van der Waals surface area contributed by atoms with Crippen molar-refractivity contribution >= 4 is 22.8 Å². The Morgan fingerprint density at radius 2 is 2.26 bits per heavy atom. The van der Waals surface area contributed by atoms with Gasteiger partial charge in [0, 0.05) is 25.0 Å². The van der Waals surface area contributed by atoms with Crippen molar-refractivity contribution in [2.45, 2.75) is 18.8 Å². The van der Waals surface area contributed by atoms with Crippen molar-refractivity contribution in [3.8, 4) is 0 Å². The van der Waals surface area contributed by atoms with Gasteiger partial charge in [0.25, 0.3) is 0 Å². The highest BCUT2D eigenvalue weighted by atomic mass is 35.5. The fourth-order valence-corrected chi connectivity index (χ4v) is 2.34. The van der Waals surface area contributed by atoms with Gasteiger partial charge in [0.05, 0.1) is 18.1 Å². The summed E-state index contributed by atoms with van der Waals surface area (Å²) in [5.74, 6) is 0.833. The van der Waals surface area contributed by atoms with Crippen LogP contribution in [0.5, 0.6) is 0 Å². The number of pyridine rings is 1. The lowest BCUT2D eigenvalue weighted by Gasteiger charge is -2.08. The number of nitrogens with zero attached hydrogens (tertiary/aromatic N) is 5. The second-order valence-electron chi connectivity index (χ2n) is 4.54. The van der Waals surface area contributed by atoms with Crippen LogP contribution in [0.2, 0.25) is 0 Å². The molecule has 0 bridgehead atoms. The topological polar surface area (TPSA) is 48.5 Å². The van der Waals surface area contributed by atoms with Crippen molar-refractivity contribution in [3.63, 3.8) is 0 Å². The number of fused-ring (bicyclic) bond motifs is 1. The molecule has 0 saturated carbocycles. The highest BCUT2D eigenvalue weighted by molar-refractivity contribution is 6.20. The number of halogens is 1. The molecule has 0 amide bonds. The van der Waals surface area contributed by atoms with E-state index in [-0.39, 0.29) is 5.38 Å². The van der Waals surface area contributed by atoms with Gasteiger partial charge in [-0.3, -0.25) is 4.68 Å². The van der Waals surface area contributed by atoms with Gasteiger partial charge in [0.15, 0.2) is 5.65 Å². The monoisotopic (exact) mass is 275 g/mol. The molecule has 0 radical (unpaired) electrons. The molecule has 19 heavy (non-hydrogen) atoms. The van der Waals surface area contributed by atoms with Gasteiger partial charge in [-0.1, -0.05) is 0 Å². The number of hydrogen-bond acceptors (Lipinski definition) is 3. The molecule has 0 aliphatic rings. The zero-order valence-electron chi connectivity index (χ0n) is 10.8. The van der Waals surface area contributed by atoms with Crippen molar-refractivity contribution in [1.29, 1.82) is 0 Å². The lowest BCUT2D eigenvalue weighted by Crippen LogP contribution is -2.06. The molecule has 6 heteroatoms. The van der Waals surface area contributed by atoms with Gasteiger partial charge < -0.3 is 4.57 Å². The molecule has 3 aromatic heterocycles. The minimum Gasteiger partial charge on any atom is -0.307 e. The average Bonchev–Trinajstić information content (AvgIpc) is 2.95. The van der Waals surface area contributed by atoms with E-state index in [1.54, 1.807) is 10.9 Å². The number of hydrogen-bond donors (Lipinski definition) is 0. The van der Waals surface area contributed by atoms with E-state index in [2.05, 4.69) is 15.1 Å². The van der Waals surface area contributed by atoms with Crippen LogP contribution in [0.4, 0.5) is 0 Å². The maximum absolute atomic E-state index is 6.22. The van der Waals surface area contributed by atoms with Crippen molar-refractivity contribution in [1.82, 2.24) is 24.3 Å². The largest absolute Gasteiger partial charge is 0.307 e. The first-order valence-corrected chi connectivity index (χ1v) is 6.51. The second kappa shape index (κ2) is 4.66. The van der Waals surface area contributed by atoms with E-state index < -0.39 is 0 Å². The summed E-state index contributed by atoms with van der Waals surface area (Å²) in [5, 5.41) is 4.02. The van der Waals surface area contributed by atoms with Gasteiger partial charge in [-0.05, 0) is 19.1 Å². The molecule has 3 heterocycles. The molecule has 0 aromatic carbocycles. The Balaban J connectivity index is 2.12. The van der Waals surface area contributed by atoms with E-state index in [4.69, 9.17) is 11.6 Å². The first-order valence-electron chi connectivity index (χ1n) is 6.08. The fraction of sp³-hybridized carbons (Fsp3) is 0.308. The molecule has 0 N–H and O–H groups in total. The number of rotatable bonds is 3. The highest BCUT2D eigenvalue weighted by Gasteiger charge is 2.16. The second-order valence-corrected chi connectivity index (χ2v) is 5.20. The summed E-state index contributed by atoms with van der Waals surface area (Å²) in [4.78, 5) is 8.96. The summed E-state index contributed by atoms with van der Waals surface area (Å²) in [5.41, 5.74) is 2.83. The third-order valence-corrected chi connectivity index (χ3v) is 3.18. The first-order chi connectivity index (χ1) is 9.15. The SMILES string of the molecule is CC(Cl)c1nc2cccnc2n1Cc1cnn(C)c1. The summed E-state index contributed by atoms with van der Waals surface area (Å²) in [6.07, 6.45) is 5.60. The van der Waals surface area contributed by atoms with E-state index in [1.165, 1.54) is 0 Å². The van der Waals surface area contributed by atoms with Crippen molar-refractivity contribution in [2.24, 2.45) is 7.05 Å². The van der Waals surface area contributed by atoms with Crippen molar-refractivity contribution in [3.05, 3.63) is 42.1 Å². The Bertz CT molecular complexity index is 713. The van der Waals surface area contributed by atoms with Crippen LogP contribution < -0.4 is 0 Å². The van der Waals surface area contributed by atoms with Gasteiger partial charge in [-0.2, -0.15) is 5.10 Å². The number of aryl methyl sites for hydroxylation is 1. The minimum atomic E-state index is -0.161. The number of imidazole rings is 1. The summed E-state index contributed by atoms with van der Waals surface area (Å²) < 4.78 is 3.83. The molecule has 0 spiro atoms. The van der Waals surface area contributed by atoms with E-state index >= 15 is 0 Å². The van der Waals surface area contributed by atoms with E-state index in [0.717, 1.165) is 22.6 Å². The normalized spacial score (nSPS) is 13.0. The lowest BCUT2D eigenvalue weighted by atomic mass is 10.3. The third kappa shape index (κ3) is 2.21. The summed E-state index contributed by atoms with van der Waals surface area (Å²) in [7, 11) is 1.90. The Kier molecular flexibility index (Phi) is 2.98. The van der Waals surface area contributed by atoms with E-state index in [1.807, 2.05) is 43.1 Å². The zero-order valence-corrected chi connectivity index (χ0v) is 11.5. The molecule has 0 fully saturated rings. The van der Waals surface area contributed by atoms with Crippen molar-refractivity contribution in [2.75, 3.05) is 0 Å². The van der Waals surface area contributed by atoms with E-state index in [9.17, 15) is 0 Å². The van der Waals surface area contributed by atoms with Crippen LogP contribution >= 0.6 is 11.6 Å². The van der Waals surface area contributed by atoms with Crippen LogP contribution in [0.1, 0.15) is 23.7 Å². The standard InChI is InChI=1S/C13H14ClN5/c1-9(14)12-17-11-4-3-5-15-13(11)19(12)8-10-6-16-18(2)7-10/h3-7,9H,8H2,1-2H3. The third-order valence-electron chi connectivity index (χ3n) is 2.99.